The van der Waals surface area contributed by atoms with Gasteiger partial charge in [-0.2, -0.15) is 26.3 Å². The van der Waals surface area contributed by atoms with Crippen LogP contribution in [0.25, 0.3) is 0 Å². The number of carbonyl (C=O) groups is 4. The van der Waals surface area contributed by atoms with Crippen LogP contribution in [0.5, 0.6) is 23.0 Å². The summed E-state index contributed by atoms with van der Waals surface area (Å²) < 4.78 is 111. The molecule has 16 nitrogen and oxygen atoms in total. The number of carbonyl (C=O) groups excluding carboxylic acids is 4. The van der Waals surface area contributed by atoms with Crippen LogP contribution in [0.1, 0.15) is 82.3 Å². The molecule has 0 unspecified atom stereocenters. The number of amides is 4. The predicted octanol–water partition coefficient (Wildman–Crippen LogP) is 14.0. The Kier molecular flexibility index (Phi) is 22.6. The molecule has 6 aromatic carbocycles. The Hall–Kier alpha value is -9.12. The minimum absolute atomic E-state index is 0.0194. The molecule has 4 amide bonds. The average Bonchev–Trinajstić information content (AvgIpc) is 4.35. The van der Waals surface area contributed by atoms with Crippen LogP contribution >= 0.6 is 15.9 Å². The first-order valence-corrected chi connectivity index (χ1v) is 28.6. The molecule has 4 heterocycles. The molecule has 0 bridgehead atoms. The van der Waals surface area contributed by atoms with Crippen molar-refractivity contribution >= 4 is 39.9 Å². The fourth-order valence-electron chi connectivity index (χ4n) is 9.41. The zero-order chi connectivity index (χ0) is 61.8. The number of imide groups is 2. The lowest BCUT2D eigenvalue weighted by Crippen LogP contribution is -2.40. The van der Waals surface area contributed by atoms with Crippen LogP contribution < -0.4 is 14.2 Å². The van der Waals surface area contributed by atoms with Crippen molar-refractivity contribution in [2.45, 2.75) is 74.8 Å². The maximum absolute atomic E-state index is 13.4. The third-order valence-electron chi connectivity index (χ3n) is 13.8. The van der Waals surface area contributed by atoms with Gasteiger partial charge < -0.3 is 37.8 Å². The number of rotatable bonds is 22. The fourth-order valence-corrected chi connectivity index (χ4v) is 9.64. The number of aromatic nitrogens is 2. The lowest BCUT2D eigenvalue weighted by molar-refractivity contribution is -0.138. The summed E-state index contributed by atoms with van der Waals surface area (Å²) in [6, 6.07) is 45.0. The lowest BCUT2D eigenvalue weighted by atomic mass is 9.91. The van der Waals surface area contributed by atoms with Crippen LogP contribution in [-0.2, 0) is 44.3 Å². The van der Waals surface area contributed by atoms with E-state index in [0.29, 0.717) is 55.4 Å². The summed E-state index contributed by atoms with van der Waals surface area (Å²) in [7, 11) is 0. The van der Waals surface area contributed by atoms with E-state index in [-0.39, 0.29) is 62.2 Å². The molecule has 2 aromatic heterocycles. The lowest BCUT2D eigenvalue weighted by Gasteiger charge is -2.22. The fraction of sp³-hybridized carbons (Fsp3) is 0.281. The number of aromatic hydroxyl groups is 1. The summed E-state index contributed by atoms with van der Waals surface area (Å²) in [4.78, 5) is 54.2. The van der Waals surface area contributed by atoms with Gasteiger partial charge in [-0.3, -0.25) is 9.59 Å². The first kappa shape index (κ1) is 63.9. The molecule has 456 valence electrons. The number of cyclic esters (lactones) is 2. The maximum Gasteiger partial charge on any atom is 0.416 e. The molecule has 2 saturated heterocycles. The second-order valence-electron chi connectivity index (χ2n) is 19.9. The normalized spacial score (nSPS) is 15.4. The molecule has 0 radical (unpaired) electrons. The molecule has 0 aliphatic carbocycles. The van der Waals surface area contributed by atoms with Gasteiger partial charge in [0.1, 0.15) is 48.7 Å². The Balaban J connectivity index is 0.000000196. The number of ether oxygens (including phenoxy) is 5. The first-order chi connectivity index (χ1) is 41.9. The summed E-state index contributed by atoms with van der Waals surface area (Å²) in [5.74, 6) is 0.0265. The molecule has 8 aromatic rings. The molecule has 0 spiro atoms. The molecule has 10 rings (SSSR count). The van der Waals surface area contributed by atoms with Gasteiger partial charge >= 0.3 is 24.5 Å². The van der Waals surface area contributed by atoms with Gasteiger partial charge in [0.05, 0.1) is 54.4 Å². The number of phenolic OH excluding ortho intramolecular Hbond substituents is 1. The van der Waals surface area contributed by atoms with Crippen molar-refractivity contribution in [2.24, 2.45) is 0 Å². The standard InChI is InChI=1S/C32H29F3N2O6.C25H25BrN2O5.C7H5F3O/c33-32(34,35)24-9-13-27(14-10-24)41-17-4-16-40-26-11-7-23(8-12-26)28(29-15-18-43-36-29)20-30(38)37-25(21-42-31(37)39)19-22-5-2-1-3-6-22;26-12-4-13-31-21-9-7-19(8-10-21)22(23-11-14-33-27-23)16-24(29)28-20(17-32-25(28)30)15-18-5-2-1-3-6-18;8-7(9,10)5-1-3-6(11)4-2-5/h1-3,5-15,18,25,28H,4,16-17,19-21H2;1-3,5-11,14,20,22H,4,12-13,15-17H2;1-4,11H/t25-,28-;20-,22-;/m00./s1. The Morgan fingerprint density at radius 2 is 0.897 bits per heavy atom. The van der Waals surface area contributed by atoms with Gasteiger partial charge in [0.2, 0.25) is 11.8 Å². The highest BCUT2D eigenvalue weighted by molar-refractivity contribution is 9.09. The van der Waals surface area contributed by atoms with Crippen molar-refractivity contribution < 1.29 is 83.4 Å². The Labute approximate surface area is 504 Å². The van der Waals surface area contributed by atoms with Gasteiger partial charge in [-0.1, -0.05) is 111 Å². The van der Waals surface area contributed by atoms with Gasteiger partial charge in [0.25, 0.3) is 0 Å². The zero-order valence-electron chi connectivity index (χ0n) is 46.5. The van der Waals surface area contributed by atoms with E-state index in [2.05, 4.69) is 26.2 Å². The Bertz CT molecular complexity index is 3400. The van der Waals surface area contributed by atoms with Gasteiger partial charge in [0.15, 0.2) is 0 Å². The van der Waals surface area contributed by atoms with Crippen molar-refractivity contribution in [3.8, 4) is 23.0 Å². The SMILES string of the molecule is O=C(C[C@@H](c1ccc(OCCCBr)cc1)c1ccon1)N1C(=O)OC[C@@H]1Cc1ccccc1.O=C(C[C@@H](c1ccc(OCCCOc2ccc(C(F)(F)F)cc2)cc1)c1ccon1)N1C(=O)OC[C@@H]1Cc1ccccc1.Oc1ccc(C(F)(F)F)cc1. The van der Waals surface area contributed by atoms with E-state index < -0.39 is 47.6 Å². The van der Waals surface area contributed by atoms with Gasteiger partial charge in [-0.15, -0.1) is 0 Å². The minimum Gasteiger partial charge on any atom is -0.508 e. The molecule has 87 heavy (non-hydrogen) atoms. The third kappa shape index (κ3) is 18.7. The number of hydrogen-bond acceptors (Lipinski definition) is 14. The van der Waals surface area contributed by atoms with Crippen molar-refractivity contribution in [2.75, 3.05) is 38.4 Å². The Morgan fingerprint density at radius 3 is 1.25 bits per heavy atom. The van der Waals surface area contributed by atoms with E-state index in [1.165, 1.54) is 34.5 Å². The molecule has 2 aliphatic rings. The predicted molar refractivity (Wildman–Crippen MR) is 307 cm³/mol. The van der Waals surface area contributed by atoms with Gasteiger partial charge in [-0.05, 0) is 114 Å². The summed E-state index contributed by atoms with van der Waals surface area (Å²) in [5.41, 5.74) is 3.41. The number of phenols is 1. The molecular weight excluding hydrogens is 1210 g/mol. The van der Waals surface area contributed by atoms with E-state index >= 15 is 0 Å². The molecular formula is C64H59BrF6N4O12. The number of alkyl halides is 7. The molecule has 4 atom stereocenters. The van der Waals surface area contributed by atoms with Crippen LogP contribution in [0.15, 0.2) is 191 Å². The highest BCUT2D eigenvalue weighted by Crippen LogP contribution is 2.35. The monoisotopic (exact) mass is 1270 g/mol. The first-order valence-electron chi connectivity index (χ1n) is 27.5. The van der Waals surface area contributed by atoms with Crippen LogP contribution in [0.3, 0.4) is 0 Å². The maximum atomic E-state index is 13.4. The second kappa shape index (κ2) is 30.8. The molecule has 2 aliphatic heterocycles. The van der Waals surface area contributed by atoms with Crippen molar-refractivity contribution in [1.29, 1.82) is 0 Å². The molecule has 23 heteroatoms. The average molecular weight is 1270 g/mol. The van der Waals surface area contributed by atoms with Crippen LogP contribution in [-0.4, -0.2) is 99.7 Å². The van der Waals surface area contributed by atoms with E-state index in [1.54, 1.807) is 24.3 Å². The van der Waals surface area contributed by atoms with Crippen molar-refractivity contribution in [3.05, 3.63) is 227 Å². The highest BCUT2D eigenvalue weighted by atomic mass is 79.9. The quantitative estimate of drug-likeness (QED) is 0.0383. The van der Waals surface area contributed by atoms with E-state index in [1.807, 2.05) is 97.1 Å². The molecule has 1 N–H and O–H groups in total. The summed E-state index contributed by atoms with van der Waals surface area (Å²) >= 11 is 3.39. The third-order valence-corrected chi connectivity index (χ3v) is 14.3. The number of nitrogens with zero attached hydrogens (tertiary/aromatic N) is 4. The second-order valence-corrected chi connectivity index (χ2v) is 20.7. The van der Waals surface area contributed by atoms with Crippen LogP contribution in [0, 0.1) is 0 Å². The van der Waals surface area contributed by atoms with E-state index in [9.17, 15) is 45.5 Å². The Morgan fingerprint density at radius 1 is 0.529 bits per heavy atom. The minimum atomic E-state index is -4.39. The van der Waals surface area contributed by atoms with Gasteiger partial charge in [0, 0.05) is 48.6 Å². The van der Waals surface area contributed by atoms with Crippen molar-refractivity contribution in [1.82, 2.24) is 20.1 Å². The van der Waals surface area contributed by atoms with Crippen LogP contribution in [0.4, 0.5) is 35.9 Å². The van der Waals surface area contributed by atoms with E-state index in [4.69, 9.17) is 37.8 Å². The molecule has 2 fully saturated rings. The summed E-state index contributed by atoms with van der Waals surface area (Å²) in [6.07, 6.45) is -4.55. The van der Waals surface area contributed by atoms with Crippen LogP contribution in [0.2, 0.25) is 0 Å². The summed E-state index contributed by atoms with van der Waals surface area (Å²) in [6.45, 7) is 1.54. The largest absolute Gasteiger partial charge is 0.508 e. The number of benzene rings is 6. The van der Waals surface area contributed by atoms with E-state index in [0.717, 1.165) is 76.2 Å². The number of halogens is 7. The number of hydrogen-bond donors (Lipinski definition) is 1. The topological polar surface area (TPSA) is 193 Å². The zero-order valence-corrected chi connectivity index (χ0v) is 48.1. The van der Waals surface area contributed by atoms with Crippen molar-refractivity contribution in [3.63, 3.8) is 0 Å². The smallest absolute Gasteiger partial charge is 0.416 e. The highest BCUT2D eigenvalue weighted by Gasteiger charge is 2.41. The molecule has 0 saturated carbocycles. The summed E-state index contributed by atoms with van der Waals surface area (Å²) in [5, 5.41) is 17.6. The van der Waals surface area contributed by atoms with Gasteiger partial charge in [-0.25, -0.2) is 19.4 Å².